The Balaban J connectivity index is 2.60. The Bertz CT molecular complexity index is 561. The molecule has 1 aromatic carbocycles. The zero-order valence-corrected chi connectivity index (χ0v) is 11.3. The quantitative estimate of drug-likeness (QED) is 0.676. The number of methoxy groups -OCH3 is 1. The largest absolute Gasteiger partial charge is 0.495 e. The molecule has 0 aliphatic carbocycles. The molecule has 0 unspecified atom stereocenters. The van der Waals surface area contributed by atoms with Crippen LogP contribution in [0.15, 0.2) is 18.2 Å². The van der Waals surface area contributed by atoms with Crippen LogP contribution in [0.4, 0.5) is 18.9 Å². The van der Waals surface area contributed by atoms with Gasteiger partial charge in [0.1, 0.15) is 12.3 Å². The number of ether oxygens (including phenoxy) is 1. The fourth-order valence-corrected chi connectivity index (χ4v) is 2.11. The molecule has 6 nitrogen and oxygen atoms in total. The van der Waals surface area contributed by atoms with Crippen molar-refractivity contribution in [1.29, 1.82) is 0 Å². The van der Waals surface area contributed by atoms with Gasteiger partial charge >= 0.3 is 6.18 Å². The molecular formula is C10H14F3N3O3S. The van der Waals surface area contributed by atoms with Gasteiger partial charge in [0, 0.05) is 6.54 Å². The van der Waals surface area contributed by atoms with E-state index < -0.39 is 22.9 Å². The fourth-order valence-electron chi connectivity index (χ4n) is 1.30. The van der Waals surface area contributed by atoms with Crippen LogP contribution in [0.1, 0.15) is 5.56 Å². The van der Waals surface area contributed by atoms with Crippen LogP contribution in [0.25, 0.3) is 0 Å². The van der Waals surface area contributed by atoms with Crippen LogP contribution < -0.4 is 19.9 Å². The van der Waals surface area contributed by atoms with Crippen LogP contribution in [0.2, 0.25) is 0 Å². The smallest absolute Gasteiger partial charge is 0.402 e. The lowest BCUT2D eigenvalue weighted by Crippen LogP contribution is -2.41. The van der Waals surface area contributed by atoms with Gasteiger partial charge in [0.05, 0.1) is 12.8 Å². The second kappa shape index (κ2) is 6.29. The first kappa shape index (κ1) is 16.5. The van der Waals surface area contributed by atoms with Crippen molar-refractivity contribution in [1.82, 2.24) is 9.44 Å². The Morgan fingerprint density at radius 3 is 2.45 bits per heavy atom. The number of rotatable bonds is 6. The Hall–Kier alpha value is -1.52. The van der Waals surface area contributed by atoms with Crippen LogP contribution in [0, 0.1) is 0 Å². The Kier molecular flexibility index (Phi) is 5.20. The minimum atomic E-state index is -4.61. The molecule has 10 heteroatoms. The fraction of sp³-hybridized carbons (Fsp3) is 0.400. The minimum Gasteiger partial charge on any atom is -0.495 e. The molecule has 114 valence electrons. The molecule has 20 heavy (non-hydrogen) atoms. The zero-order chi connectivity index (χ0) is 15.4. The van der Waals surface area contributed by atoms with Crippen molar-refractivity contribution < 1.29 is 26.3 Å². The highest BCUT2D eigenvalue weighted by Crippen LogP contribution is 2.21. The van der Waals surface area contributed by atoms with Gasteiger partial charge in [-0.2, -0.15) is 31.0 Å². The van der Waals surface area contributed by atoms with Gasteiger partial charge in [0.2, 0.25) is 0 Å². The first-order valence-corrected chi connectivity index (χ1v) is 6.84. The average molecular weight is 313 g/mol. The molecule has 0 aliphatic heterocycles. The van der Waals surface area contributed by atoms with E-state index in [0.29, 0.717) is 17.0 Å². The number of halogens is 3. The summed E-state index contributed by atoms with van der Waals surface area (Å²) in [6.45, 7) is -1.82. The molecule has 0 atom stereocenters. The summed E-state index contributed by atoms with van der Waals surface area (Å²) in [5.41, 5.74) is 6.41. The summed E-state index contributed by atoms with van der Waals surface area (Å²) >= 11 is 0. The molecule has 0 fully saturated rings. The van der Waals surface area contributed by atoms with Gasteiger partial charge in [0.25, 0.3) is 10.2 Å². The number of nitrogens with two attached hydrogens (primary N) is 1. The van der Waals surface area contributed by atoms with E-state index in [2.05, 4.69) is 0 Å². The van der Waals surface area contributed by atoms with Crippen LogP contribution in [-0.2, 0) is 16.8 Å². The highest BCUT2D eigenvalue weighted by atomic mass is 32.2. The standard InChI is InChI=1S/C10H14F3N3O3S/c1-19-9-3-2-7(4-8(9)14)5-15-20(17,18)16-6-10(11,12)13/h2-4,15-16H,5-6,14H2,1H3. The molecule has 4 N–H and O–H groups in total. The van der Waals surface area contributed by atoms with E-state index in [0.717, 1.165) is 0 Å². The number of benzene rings is 1. The summed E-state index contributed by atoms with van der Waals surface area (Å²) in [5, 5.41) is 0. The third-order valence-corrected chi connectivity index (χ3v) is 3.27. The lowest BCUT2D eigenvalue weighted by molar-refractivity contribution is -0.121. The summed E-state index contributed by atoms with van der Waals surface area (Å²) in [6.07, 6.45) is -4.61. The van der Waals surface area contributed by atoms with Gasteiger partial charge in [-0.25, -0.2) is 0 Å². The van der Waals surface area contributed by atoms with Crippen molar-refractivity contribution in [2.75, 3.05) is 19.4 Å². The van der Waals surface area contributed by atoms with E-state index in [1.165, 1.54) is 24.0 Å². The molecule has 0 aliphatic rings. The molecule has 0 bridgehead atoms. The molecule has 0 saturated carbocycles. The monoisotopic (exact) mass is 313 g/mol. The first-order valence-electron chi connectivity index (χ1n) is 5.36. The summed E-state index contributed by atoms with van der Waals surface area (Å²) in [4.78, 5) is 0. The summed E-state index contributed by atoms with van der Waals surface area (Å²) in [6, 6.07) is 4.54. The predicted octanol–water partition coefficient (Wildman–Crippen LogP) is 0.764. The molecular weight excluding hydrogens is 299 g/mol. The maximum Gasteiger partial charge on any atom is 0.402 e. The van der Waals surface area contributed by atoms with E-state index in [9.17, 15) is 21.6 Å². The van der Waals surface area contributed by atoms with Crippen molar-refractivity contribution >= 4 is 15.9 Å². The molecule has 0 radical (unpaired) electrons. The van der Waals surface area contributed by atoms with Gasteiger partial charge < -0.3 is 10.5 Å². The second-order valence-electron chi connectivity index (χ2n) is 3.84. The predicted molar refractivity (Wildman–Crippen MR) is 67.2 cm³/mol. The highest BCUT2D eigenvalue weighted by Gasteiger charge is 2.29. The minimum absolute atomic E-state index is 0.193. The summed E-state index contributed by atoms with van der Waals surface area (Å²) in [5.74, 6) is 0.423. The third kappa shape index (κ3) is 5.63. The van der Waals surface area contributed by atoms with Gasteiger partial charge in [-0.3, -0.25) is 0 Å². The zero-order valence-electron chi connectivity index (χ0n) is 10.5. The van der Waals surface area contributed by atoms with Gasteiger partial charge in [0.15, 0.2) is 0 Å². The third-order valence-electron chi connectivity index (χ3n) is 2.22. The second-order valence-corrected chi connectivity index (χ2v) is 5.42. The van der Waals surface area contributed by atoms with Gasteiger partial charge in [-0.05, 0) is 17.7 Å². The van der Waals surface area contributed by atoms with Crippen LogP contribution in [-0.4, -0.2) is 28.2 Å². The SMILES string of the molecule is COc1ccc(CNS(=O)(=O)NCC(F)(F)F)cc1N. The average Bonchev–Trinajstić information content (AvgIpc) is 2.34. The van der Waals surface area contributed by atoms with E-state index >= 15 is 0 Å². The number of alkyl halides is 3. The first-order chi connectivity index (χ1) is 9.13. The molecule has 0 aromatic heterocycles. The van der Waals surface area contributed by atoms with Crippen LogP contribution in [0.3, 0.4) is 0 Å². The lowest BCUT2D eigenvalue weighted by Gasteiger charge is -2.11. The maximum absolute atomic E-state index is 11.9. The number of hydrogen-bond acceptors (Lipinski definition) is 4. The molecule has 0 spiro atoms. The molecule has 0 heterocycles. The summed E-state index contributed by atoms with van der Waals surface area (Å²) < 4.78 is 66.5. The number of nitrogens with one attached hydrogen (secondary N) is 2. The molecule has 1 rings (SSSR count). The Labute approximate surface area is 114 Å². The van der Waals surface area contributed by atoms with Crippen molar-refractivity contribution in [3.8, 4) is 5.75 Å². The lowest BCUT2D eigenvalue weighted by atomic mass is 10.2. The molecule has 0 saturated heterocycles. The Morgan fingerprint density at radius 1 is 1.30 bits per heavy atom. The van der Waals surface area contributed by atoms with Crippen LogP contribution in [0.5, 0.6) is 5.75 Å². The Morgan fingerprint density at radius 2 is 1.95 bits per heavy atom. The highest BCUT2D eigenvalue weighted by molar-refractivity contribution is 7.87. The number of anilines is 1. The summed E-state index contributed by atoms with van der Waals surface area (Å²) in [7, 11) is -2.81. The normalized spacial score (nSPS) is 12.4. The van der Waals surface area contributed by atoms with Crippen molar-refractivity contribution in [2.45, 2.75) is 12.7 Å². The number of nitrogen functional groups attached to an aromatic ring is 1. The molecule has 1 aromatic rings. The van der Waals surface area contributed by atoms with Crippen molar-refractivity contribution in [3.05, 3.63) is 23.8 Å². The number of hydrogen-bond donors (Lipinski definition) is 3. The van der Waals surface area contributed by atoms with Crippen molar-refractivity contribution in [2.24, 2.45) is 0 Å². The van der Waals surface area contributed by atoms with Crippen LogP contribution >= 0.6 is 0 Å². The topological polar surface area (TPSA) is 93.4 Å². The van der Waals surface area contributed by atoms with E-state index in [1.54, 1.807) is 6.07 Å². The maximum atomic E-state index is 11.9. The van der Waals surface area contributed by atoms with Gasteiger partial charge in [-0.1, -0.05) is 6.07 Å². The molecule has 0 amide bonds. The van der Waals surface area contributed by atoms with Gasteiger partial charge in [-0.15, -0.1) is 0 Å². The van der Waals surface area contributed by atoms with E-state index in [4.69, 9.17) is 10.5 Å². The van der Waals surface area contributed by atoms with E-state index in [-0.39, 0.29) is 6.54 Å². The van der Waals surface area contributed by atoms with E-state index in [1.807, 2.05) is 4.72 Å². The van der Waals surface area contributed by atoms with Crippen molar-refractivity contribution in [3.63, 3.8) is 0 Å².